The number of aliphatic hydroxyl groups excluding tert-OH is 4. The van der Waals surface area contributed by atoms with E-state index in [-0.39, 0.29) is 26.4 Å². The summed E-state index contributed by atoms with van der Waals surface area (Å²) >= 11 is 0. The summed E-state index contributed by atoms with van der Waals surface area (Å²) in [5.41, 5.74) is 1.91. The van der Waals surface area contributed by atoms with Crippen molar-refractivity contribution in [3.63, 3.8) is 0 Å². The van der Waals surface area contributed by atoms with E-state index in [9.17, 15) is 15.3 Å². The molecule has 1 aliphatic heterocycles. The van der Waals surface area contributed by atoms with Crippen molar-refractivity contribution in [2.75, 3.05) is 70.0 Å². The van der Waals surface area contributed by atoms with E-state index >= 15 is 0 Å². The minimum Gasteiger partial charge on any atom is -0.417 e. The summed E-state index contributed by atoms with van der Waals surface area (Å²) in [6.45, 7) is 8.77. The topological polar surface area (TPSA) is 160 Å². The van der Waals surface area contributed by atoms with Gasteiger partial charge in [-0.3, -0.25) is 0 Å². The maximum Gasteiger partial charge on any atom is 0.472 e. The summed E-state index contributed by atoms with van der Waals surface area (Å²) in [7, 11) is -7.70. The molecule has 0 aliphatic carbocycles. The summed E-state index contributed by atoms with van der Waals surface area (Å²) in [6.07, 6.45) is -0.0362. The molecule has 344 valence electrons. The van der Waals surface area contributed by atoms with E-state index in [1.807, 2.05) is 24.3 Å². The molecule has 12 nitrogen and oxygen atoms in total. The van der Waals surface area contributed by atoms with E-state index in [2.05, 4.69) is 115 Å². The number of ether oxygens (including phenoxy) is 3. The minimum absolute atomic E-state index is 0.0675. The van der Waals surface area contributed by atoms with Crippen molar-refractivity contribution in [3.8, 4) is 0 Å². The minimum atomic E-state index is -2.97. The highest BCUT2D eigenvalue weighted by atomic mass is 28.6. The Hall–Kier alpha value is -3.79. The second-order valence-corrected chi connectivity index (χ2v) is 28.9. The highest BCUT2D eigenvalue weighted by Gasteiger charge is 2.62. The zero-order valence-corrected chi connectivity index (χ0v) is 40.5. The first-order valence-electron chi connectivity index (χ1n) is 22.7. The van der Waals surface area contributed by atoms with Crippen LogP contribution in [0.15, 0.2) is 109 Å². The highest BCUT2D eigenvalue weighted by Crippen LogP contribution is 2.41. The number of aliphatic hydroxyl groups is 4. The van der Waals surface area contributed by atoms with Gasteiger partial charge in [0.2, 0.25) is 0 Å². The molecule has 1 saturated heterocycles. The molecule has 1 aliphatic rings. The fraction of sp³-hybridized carbons (Fsp3) is 0.429. The lowest BCUT2D eigenvalue weighted by Gasteiger charge is -2.53. The highest BCUT2D eigenvalue weighted by molar-refractivity contribution is 6.95. The number of anilines is 2. The van der Waals surface area contributed by atoms with Gasteiger partial charge in [-0.1, -0.05) is 60.7 Å². The standard InChI is InChI=1S/C49H66N2O10Si3/c1-62(2,22-8-19-56-34-47(53)31-50-45-17-15-41-25-37-11-4-6-13-39(37)27-43(41)29-45)59-64(24-10-21-58-36-49(55)33-52)60-63(3,61-64)23-9-20-57-35-48(54)32-51-46-18-16-42-26-38-12-5-7-14-40(38)28-44(42)30-46/h4-7,11-18,25-30,47-55H,8-10,19-24,31-36H2,1-3H3. The van der Waals surface area contributed by atoms with Crippen molar-refractivity contribution in [1.82, 2.24) is 0 Å². The Morgan fingerprint density at radius 3 is 1.45 bits per heavy atom. The molecule has 0 amide bonds. The average molecular weight is 927 g/mol. The SMILES string of the molecule is C[Si](C)(CCCOCC(O)CNc1ccc2cc3ccccc3cc2c1)O[Si]1(CCCOCC(O)CO)O[Si](C)(CCCOCC(O)CNc2ccc3cc4ccccc4cc3c2)O1. The van der Waals surface area contributed by atoms with Crippen molar-refractivity contribution in [1.29, 1.82) is 0 Å². The molecule has 1 fully saturated rings. The van der Waals surface area contributed by atoms with Gasteiger partial charge in [0.05, 0.1) is 38.6 Å². The van der Waals surface area contributed by atoms with Crippen molar-refractivity contribution in [3.05, 3.63) is 109 Å². The molecular weight excluding hydrogens is 861 g/mol. The van der Waals surface area contributed by atoms with E-state index in [1.165, 1.54) is 32.3 Å². The van der Waals surface area contributed by atoms with E-state index in [0.29, 0.717) is 45.4 Å². The molecule has 3 unspecified atom stereocenters. The van der Waals surface area contributed by atoms with Crippen molar-refractivity contribution < 1.29 is 47.0 Å². The second-order valence-electron chi connectivity index (χ2n) is 17.8. The number of hydrogen-bond donors (Lipinski definition) is 6. The Bertz CT molecular complexity index is 2420. The first-order chi connectivity index (χ1) is 30.9. The molecule has 3 atom stereocenters. The predicted molar refractivity (Wildman–Crippen MR) is 264 cm³/mol. The van der Waals surface area contributed by atoms with Crippen molar-refractivity contribution in [2.24, 2.45) is 0 Å². The van der Waals surface area contributed by atoms with Crippen molar-refractivity contribution in [2.45, 2.75) is 75.3 Å². The van der Waals surface area contributed by atoms with E-state index in [0.717, 1.165) is 47.1 Å². The van der Waals surface area contributed by atoms with Gasteiger partial charge >= 0.3 is 17.4 Å². The number of rotatable bonds is 27. The molecule has 0 aromatic heterocycles. The molecule has 0 spiro atoms. The smallest absolute Gasteiger partial charge is 0.417 e. The number of fused-ring (bicyclic) bond motifs is 4. The van der Waals surface area contributed by atoms with Gasteiger partial charge in [-0.25, -0.2) is 0 Å². The summed E-state index contributed by atoms with van der Waals surface area (Å²) in [5, 5.41) is 56.3. The lowest BCUT2D eigenvalue weighted by atomic mass is 10.0. The Morgan fingerprint density at radius 1 is 0.547 bits per heavy atom. The van der Waals surface area contributed by atoms with Gasteiger partial charge in [-0.2, -0.15) is 0 Å². The fourth-order valence-corrected chi connectivity index (χ4v) is 22.9. The maximum atomic E-state index is 10.7. The first kappa shape index (κ1) is 48.2. The average Bonchev–Trinajstić information content (AvgIpc) is 3.27. The summed E-state index contributed by atoms with van der Waals surface area (Å²) in [4.78, 5) is 0. The van der Waals surface area contributed by atoms with Gasteiger partial charge in [0.1, 0.15) is 6.10 Å². The maximum absolute atomic E-state index is 10.7. The fourth-order valence-electron chi connectivity index (χ4n) is 8.32. The largest absolute Gasteiger partial charge is 0.472 e. The zero-order chi connectivity index (χ0) is 45.0. The second kappa shape index (κ2) is 22.6. The molecule has 6 aromatic rings. The third-order valence-electron chi connectivity index (χ3n) is 11.6. The molecule has 7 rings (SSSR count). The molecule has 0 saturated carbocycles. The first-order valence-corrected chi connectivity index (χ1v) is 30.3. The third-order valence-corrected chi connectivity index (χ3v) is 24.8. The quantitative estimate of drug-likeness (QED) is 0.0167. The normalized spacial score (nSPS) is 19.2. The van der Waals surface area contributed by atoms with E-state index in [1.54, 1.807) is 0 Å². The Kier molecular flexibility index (Phi) is 17.0. The van der Waals surface area contributed by atoms with Gasteiger partial charge in [0, 0.05) is 50.3 Å². The molecule has 6 aromatic carbocycles. The van der Waals surface area contributed by atoms with Gasteiger partial charge < -0.3 is 57.6 Å². The zero-order valence-electron chi connectivity index (χ0n) is 37.5. The number of hydrogen-bond acceptors (Lipinski definition) is 12. The molecular formula is C49H66N2O10Si3. The Balaban J connectivity index is 0.801. The lowest BCUT2D eigenvalue weighted by Crippen LogP contribution is -2.72. The molecule has 15 heteroatoms. The van der Waals surface area contributed by atoms with Gasteiger partial charge in [-0.05, 0) is 143 Å². The van der Waals surface area contributed by atoms with Crippen LogP contribution in [0.3, 0.4) is 0 Å². The Labute approximate surface area is 380 Å². The van der Waals surface area contributed by atoms with E-state index < -0.39 is 44.0 Å². The molecule has 64 heavy (non-hydrogen) atoms. The molecule has 0 radical (unpaired) electrons. The molecule has 1 heterocycles. The van der Waals surface area contributed by atoms with Crippen LogP contribution in [0.4, 0.5) is 11.4 Å². The van der Waals surface area contributed by atoms with Crippen LogP contribution in [0.25, 0.3) is 43.1 Å². The van der Waals surface area contributed by atoms with Gasteiger partial charge in [-0.15, -0.1) is 0 Å². The van der Waals surface area contributed by atoms with Crippen LogP contribution in [-0.4, -0.2) is 124 Å². The Morgan fingerprint density at radius 2 is 0.969 bits per heavy atom. The van der Waals surface area contributed by atoms with Crippen LogP contribution in [0.5, 0.6) is 0 Å². The van der Waals surface area contributed by atoms with Crippen LogP contribution in [0, 0.1) is 0 Å². The van der Waals surface area contributed by atoms with Crippen LogP contribution < -0.4 is 10.6 Å². The number of nitrogens with one attached hydrogen (secondary N) is 2. The summed E-state index contributed by atoms with van der Waals surface area (Å²) in [5.74, 6) is 0. The number of benzene rings is 6. The monoisotopic (exact) mass is 926 g/mol. The van der Waals surface area contributed by atoms with Crippen LogP contribution >= 0.6 is 0 Å². The molecule has 0 bridgehead atoms. The van der Waals surface area contributed by atoms with Crippen LogP contribution in [0.2, 0.25) is 37.8 Å². The van der Waals surface area contributed by atoms with E-state index in [4.69, 9.17) is 31.7 Å². The predicted octanol–water partition coefficient (Wildman–Crippen LogP) is 8.40. The van der Waals surface area contributed by atoms with Crippen LogP contribution in [0.1, 0.15) is 19.3 Å². The molecule has 6 N–H and O–H groups in total. The van der Waals surface area contributed by atoms with Crippen LogP contribution in [-0.2, 0) is 26.6 Å². The summed E-state index contributed by atoms with van der Waals surface area (Å²) in [6, 6.07) is 40.2. The van der Waals surface area contributed by atoms with Crippen molar-refractivity contribution >= 4 is 80.1 Å². The van der Waals surface area contributed by atoms with Gasteiger partial charge in [0.15, 0.2) is 8.32 Å². The summed E-state index contributed by atoms with van der Waals surface area (Å²) < 4.78 is 37.8. The lowest BCUT2D eigenvalue weighted by molar-refractivity contribution is 0.00548. The van der Waals surface area contributed by atoms with Gasteiger partial charge in [0.25, 0.3) is 0 Å². The third kappa shape index (κ3) is 13.9.